The van der Waals surface area contributed by atoms with Gasteiger partial charge in [0.1, 0.15) is 12.4 Å². The molecular formula is C18H18O5. The van der Waals surface area contributed by atoms with E-state index in [0.717, 1.165) is 5.56 Å². The Balaban J connectivity index is 1.92. The van der Waals surface area contributed by atoms with E-state index in [1.165, 1.54) is 6.92 Å². The molecular weight excluding hydrogens is 296 g/mol. The second kappa shape index (κ2) is 7.98. The molecule has 0 spiro atoms. The number of hydrogen-bond donors (Lipinski definition) is 1. The lowest BCUT2D eigenvalue weighted by molar-refractivity contribution is -0.140. The van der Waals surface area contributed by atoms with Crippen LogP contribution in [-0.2, 0) is 22.6 Å². The van der Waals surface area contributed by atoms with Gasteiger partial charge in [-0.2, -0.15) is 0 Å². The highest BCUT2D eigenvalue weighted by Gasteiger charge is 2.09. The van der Waals surface area contributed by atoms with E-state index in [1.807, 2.05) is 24.3 Å². The fourth-order valence-corrected chi connectivity index (χ4v) is 2.08. The topological polar surface area (TPSA) is 72.8 Å². The lowest BCUT2D eigenvalue weighted by Crippen LogP contribution is -2.05. The number of rotatable bonds is 7. The van der Waals surface area contributed by atoms with Crippen molar-refractivity contribution in [2.24, 2.45) is 0 Å². The molecule has 0 heterocycles. The Morgan fingerprint density at radius 1 is 1.04 bits per heavy atom. The number of hydrogen-bond acceptors (Lipinski definition) is 4. The maximum absolute atomic E-state index is 11.1. The fraction of sp³-hybridized carbons (Fsp3) is 0.222. The molecule has 0 unspecified atom stereocenters. The minimum absolute atomic E-state index is 0.190. The third-order valence-electron chi connectivity index (χ3n) is 3.26. The predicted molar refractivity (Wildman–Crippen MR) is 84.5 cm³/mol. The van der Waals surface area contributed by atoms with Crippen LogP contribution >= 0.6 is 0 Å². The summed E-state index contributed by atoms with van der Waals surface area (Å²) in [7, 11) is 0. The third-order valence-corrected chi connectivity index (χ3v) is 3.26. The van der Waals surface area contributed by atoms with Crippen LogP contribution in [0.1, 0.15) is 28.4 Å². The summed E-state index contributed by atoms with van der Waals surface area (Å²) in [5.74, 6) is -0.603. The number of esters is 1. The molecule has 0 saturated carbocycles. The van der Waals surface area contributed by atoms with Crippen molar-refractivity contribution < 1.29 is 24.2 Å². The van der Waals surface area contributed by atoms with Gasteiger partial charge in [-0.1, -0.05) is 30.3 Å². The smallest absolute Gasteiger partial charge is 0.336 e. The van der Waals surface area contributed by atoms with Crippen molar-refractivity contribution in [2.45, 2.75) is 20.0 Å². The van der Waals surface area contributed by atoms with Crippen LogP contribution in [0.15, 0.2) is 48.5 Å². The van der Waals surface area contributed by atoms with Gasteiger partial charge in [0, 0.05) is 18.9 Å². The molecule has 0 aliphatic heterocycles. The molecule has 2 aromatic carbocycles. The maximum atomic E-state index is 11.1. The molecule has 0 fully saturated rings. The minimum Gasteiger partial charge on any atom is -0.489 e. The Labute approximate surface area is 134 Å². The highest BCUT2D eigenvalue weighted by Crippen LogP contribution is 2.16. The van der Waals surface area contributed by atoms with E-state index >= 15 is 0 Å². The average Bonchev–Trinajstić information content (AvgIpc) is 2.54. The molecule has 5 heteroatoms. The van der Waals surface area contributed by atoms with Crippen LogP contribution in [0.5, 0.6) is 5.75 Å². The van der Waals surface area contributed by atoms with Crippen molar-refractivity contribution in [3.05, 3.63) is 65.2 Å². The molecule has 0 atom stereocenters. The number of carboxylic acids is 1. The number of benzene rings is 2. The minimum atomic E-state index is -0.968. The van der Waals surface area contributed by atoms with E-state index in [9.17, 15) is 9.59 Å². The molecule has 0 saturated heterocycles. The number of aromatic carboxylic acids is 1. The summed E-state index contributed by atoms with van der Waals surface area (Å²) in [5, 5.41) is 9.13. The number of carboxylic acid groups (broad SMARTS) is 1. The number of carbonyl (C=O) groups excluding carboxylic acids is 1. The van der Waals surface area contributed by atoms with E-state index in [2.05, 4.69) is 0 Å². The first-order chi connectivity index (χ1) is 11.1. The summed E-state index contributed by atoms with van der Waals surface area (Å²) >= 11 is 0. The van der Waals surface area contributed by atoms with E-state index in [1.54, 1.807) is 24.3 Å². The molecule has 0 bridgehead atoms. The van der Waals surface area contributed by atoms with Gasteiger partial charge in [0.05, 0.1) is 12.2 Å². The van der Waals surface area contributed by atoms with Gasteiger partial charge in [-0.25, -0.2) is 4.79 Å². The van der Waals surface area contributed by atoms with Crippen LogP contribution in [0.2, 0.25) is 0 Å². The zero-order valence-corrected chi connectivity index (χ0v) is 12.8. The van der Waals surface area contributed by atoms with Crippen LogP contribution in [-0.4, -0.2) is 23.7 Å². The van der Waals surface area contributed by atoms with Crippen molar-refractivity contribution in [1.29, 1.82) is 0 Å². The highest BCUT2D eigenvalue weighted by atomic mass is 16.5. The quantitative estimate of drug-likeness (QED) is 0.795. The normalized spacial score (nSPS) is 10.1. The standard InChI is InChI=1S/C18H18O5/c1-13(19)22-11-10-14-6-8-16(9-7-14)23-12-15-4-2-3-5-17(15)18(20)21/h2-9H,10-12H2,1H3,(H,20,21). The Morgan fingerprint density at radius 2 is 1.74 bits per heavy atom. The lowest BCUT2D eigenvalue weighted by atomic mass is 10.1. The molecule has 1 N–H and O–H groups in total. The Hall–Kier alpha value is -2.82. The molecule has 23 heavy (non-hydrogen) atoms. The van der Waals surface area contributed by atoms with Crippen LogP contribution in [0, 0.1) is 0 Å². The summed E-state index contributed by atoms with van der Waals surface area (Å²) in [5.41, 5.74) is 1.90. The van der Waals surface area contributed by atoms with Gasteiger partial charge < -0.3 is 14.6 Å². The van der Waals surface area contributed by atoms with Gasteiger partial charge in [0.25, 0.3) is 0 Å². The number of ether oxygens (including phenoxy) is 2. The molecule has 0 amide bonds. The zero-order valence-electron chi connectivity index (χ0n) is 12.8. The molecule has 2 rings (SSSR count). The van der Waals surface area contributed by atoms with Crippen molar-refractivity contribution in [1.82, 2.24) is 0 Å². The van der Waals surface area contributed by atoms with Crippen LogP contribution in [0.25, 0.3) is 0 Å². The highest BCUT2D eigenvalue weighted by molar-refractivity contribution is 5.89. The maximum Gasteiger partial charge on any atom is 0.336 e. The monoisotopic (exact) mass is 314 g/mol. The lowest BCUT2D eigenvalue weighted by Gasteiger charge is -2.09. The fourth-order valence-electron chi connectivity index (χ4n) is 2.08. The first-order valence-corrected chi connectivity index (χ1v) is 7.22. The van der Waals surface area contributed by atoms with Crippen molar-refractivity contribution in [3.8, 4) is 5.75 Å². The number of carbonyl (C=O) groups is 2. The molecule has 0 aliphatic rings. The van der Waals surface area contributed by atoms with Gasteiger partial charge in [-0.15, -0.1) is 0 Å². The van der Waals surface area contributed by atoms with Gasteiger partial charge in [0.2, 0.25) is 0 Å². The van der Waals surface area contributed by atoms with Crippen LogP contribution in [0.3, 0.4) is 0 Å². The van der Waals surface area contributed by atoms with Crippen molar-refractivity contribution in [2.75, 3.05) is 6.61 Å². The summed E-state index contributed by atoms with van der Waals surface area (Å²) in [6.07, 6.45) is 0.641. The molecule has 5 nitrogen and oxygen atoms in total. The Kier molecular flexibility index (Phi) is 5.74. The second-order valence-corrected chi connectivity index (χ2v) is 4.98. The first-order valence-electron chi connectivity index (χ1n) is 7.22. The molecule has 120 valence electrons. The zero-order chi connectivity index (χ0) is 16.7. The molecule has 0 aliphatic carbocycles. The molecule has 0 aromatic heterocycles. The van der Waals surface area contributed by atoms with Crippen molar-refractivity contribution in [3.63, 3.8) is 0 Å². The second-order valence-electron chi connectivity index (χ2n) is 4.98. The Morgan fingerprint density at radius 3 is 2.39 bits per heavy atom. The van der Waals surface area contributed by atoms with E-state index in [0.29, 0.717) is 24.3 Å². The van der Waals surface area contributed by atoms with Gasteiger partial charge in [0.15, 0.2) is 0 Å². The Bertz CT molecular complexity index is 676. The van der Waals surface area contributed by atoms with Gasteiger partial charge in [-0.3, -0.25) is 4.79 Å². The first kappa shape index (κ1) is 16.5. The van der Waals surface area contributed by atoms with E-state index in [-0.39, 0.29) is 18.1 Å². The molecule has 2 aromatic rings. The summed E-state index contributed by atoms with van der Waals surface area (Å²) < 4.78 is 10.5. The van der Waals surface area contributed by atoms with Gasteiger partial charge >= 0.3 is 11.9 Å². The summed E-state index contributed by atoms with van der Waals surface area (Å²) in [6, 6.07) is 14.2. The van der Waals surface area contributed by atoms with E-state index < -0.39 is 5.97 Å². The largest absolute Gasteiger partial charge is 0.489 e. The summed E-state index contributed by atoms with van der Waals surface area (Å²) in [6.45, 7) is 1.92. The van der Waals surface area contributed by atoms with E-state index in [4.69, 9.17) is 14.6 Å². The average molecular weight is 314 g/mol. The molecule has 0 radical (unpaired) electrons. The van der Waals surface area contributed by atoms with Crippen LogP contribution < -0.4 is 4.74 Å². The predicted octanol–water partition coefficient (Wildman–Crippen LogP) is 3.07. The SMILES string of the molecule is CC(=O)OCCc1ccc(OCc2ccccc2C(=O)O)cc1. The summed E-state index contributed by atoms with van der Waals surface area (Å²) in [4.78, 5) is 21.8. The third kappa shape index (κ3) is 5.14. The van der Waals surface area contributed by atoms with Crippen molar-refractivity contribution >= 4 is 11.9 Å². The van der Waals surface area contributed by atoms with Gasteiger partial charge in [-0.05, 0) is 23.8 Å². The van der Waals surface area contributed by atoms with Crippen LogP contribution in [0.4, 0.5) is 0 Å².